The number of rotatable bonds is 4. The second kappa shape index (κ2) is 6.41. The van der Waals surface area contributed by atoms with E-state index >= 15 is 0 Å². The molecule has 5 heteroatoms. The summed E-state index contributed by atoms with van der Waals surface area (Å²) < 4.78 is 0. The van der Waals surface area contributed by atoms with E-state index in [0.29, 0.717) is 12.1 Å². The van der Waals surface area contributed by atoms with Crippen molar-refractivity contribution in [2.75, 3.05) is 13.6 Å². The van der Waals surface area contributed by atoms with Crippen LogP contribution in [-0.2, 0) is 4.79 Å². The molecule has 0 heterocycles. The summed E-state index contributed by atoms with van der Waals surface area (Å²) in [6, 6.07) is 7.23. The summed E-state index contributed by atoms with van der Waals surface area (Å²) in [5, 5.41) is 11.8. The Hall–Kier alpha value is -2.04. The standard InChI is InChI=1S/C15H22N2O3/c1-15(2,3)10-17(4)14(20)16-12(13(18)19)11-8-6-5-7-9-11/h5-9,12H,10H2,1-4H3,(H,16,20)(H,18,19)/t12-/m1/s1. The Labute approximate surface area is 119 Å². The monoisotopic (exact) mass is 278 g/mol. The summed E-state index contributed by atoms with van der Waals surface area (Å²) in [5.41, 5.74) is 0.509. The number of carboxylic acid groups (broad SMARTS) is 1. The van der Waals surface area contributed by atoms with Gasteiger partial charge in [-0.25, -0.2) is 9.59 Å². The summed E-state index contributed by atoms with van der Waals surface area (Å²) in [5.74, 6) is -1.08. The van der Waals surface area contributed by atoms with E-state index in [-0.39, 0.29) is 5.41 Å². The number of carbonyl (C=O) groups excluding carboxylic acids is 1. The molecule has 0 aliphatic rings. The molecule has 1 atom stereocenters. The van der Waals surface area contributed by atoms with Crippen LogP contribution in [0.5, 0.6) is 0 Å². The Kier molecular flexibility index (Phi) is 5.13. The maximum Gasteiger partial charge on any atom is 0.330 e. The Morgan fingerprint density at radius 2 is 1.80 bits per heavy atom. The van der Waals surface area contributed by atoms with Gasteiger partial charge in [0.2, 0.25) is 0 Å². The predicted octanol–water partition coefficient (Wildman–Crippen LogP) is 2.50. The van der Waals surface area contributed by atoms with Gasteiger partial charge in [-0.15, -0.1) is 0 Å². The lowest BCUT2D eigenvalue weighted by atomic mass is 9.96. The lowest BCUT2D eigenvalue weighted by Crippen LogP contribution is -2.44. The van der Waals surface area contributed by atoms with Crippen molar-refractivity contribution in [3.8, 4) is 0 Å². The van der Waals surface area contributed by atoms with Crippen molar-refractivity contribution in [2.45, 2.75) is 26.8 Å². The average molecular weight is 278 g/mol. The normalized spacial score (nSPS) is 12.6. The number of aliphatic carboxylic acids is 1. The molecule has 0 unspecified atom stereocenters. The lowest BCUT2D eigenvalue weighted by Gasteiger charge is -2.28. The van der Waals surface area contributed by atoms with E-state index in [9.17, 15) is 14.7 Å². The van der Waals surface area contributed by atoms with Gasteiger partial charge in [-0.05, 0) is 11.0 Å². The molecule has 0 spiro atoms. The van der Waals surface area contributed by atoms with Crippen molar-refractivity contribution in [3.05, 3.63) is 35.9 Å². The number of carbonyl (C=O) groups is 2. The van der Waals surface area contributed by atoms with Gasteiger partial charge >= 0.3 is 12.0 Å². The van der Waals surface area contributed by atoms with Gasteiger partial charge in [-0.1, -0.05) is 51.1 Å². The van der Waals surface area contributed by atoms with E-state index in [4.69, 9.17) is 0 Å². The summed E-state index contributed by atoms with van der Waals surface area (Å²) in [7, 11) is 1.66. The minimum absolute atomic E-state index is 0.0441. The highest BCUT2D eigenvalue weighted by Crippen LogP contribution is 2.16. The molecular formula is C15H22N2O3. The van der Waals surface area contributed by atoms with Gasteiger partial charge in [0.25, 0.3) is 0 Å². The van der Waals surface area contributed by atoms with Crippen LogP contribution in [0.1, 0.15) is 32.4 Å². The molecule has 2 amide bonds. The number of benzene rings is 1. The summed E-state index contributed by atoms with van der Waals surface area (Å²) in [6.07, 6.45) is 0. The second-order valence-corrected chi connectivity index (χ2v) is 6.05. The number of nitrogens with zero attached hydrogens (tertiary/aromatic N) is 1. The SMILES string of the molecule is CN(CC(C)(C)C)C(=O)N[C@@H](C(=O)O)c1ccccc1. The molecule has 0 saturated heterocycles. The van der Waals surface area contributed by atoms with Crippen molar-refractivity contribution >= 4 is 12.0 Å². The highest BCUT2D eigenvalue weighted by Gasteiger charge is 2.25. The molecule has 20 heavy (non-hydrogen) atoms. The van der Waals surface area contributed by atoms with Crippen molar-refractivity contribution < 1.29 is 14.7 Å². The van der Waals surface area contributed by atoms with Crippen LogP contribution in [0.25, 0.3) is 0 Å². The van der Waals surface area contributed by atoms with E-state index in [0.717, 1.165) is 0 Å². The first-order chi connectivity index (χ1) is 9.20. The summed E-state index contributed by atoms with van der Waals surface area (Å²) >= 11 is 0. The minimum Gasteiger partial charge on any atom is -0.479 e. The molecular weight excluding hydrogens is 256 g/mol. The average Bonchev–Trinajstić information content (AvgIpc) is 2.34. The first kappa shape index (κ1) is 16.0. The molecule has 5 nitrogen and oxygen atoms in total. The molecule has 0 aliphatic carbocycles. The molecule has 1 aromatic rings. The highest BCUT2D eigenvalue weighted by molar-refractivity contribution is 5.83. The molecule has 0 radical (unpaired) electrons. The van der Waals surface area contributed by atoms with Crippen LogP contribution in [0.3, 0.4) is 0 Å². The maximum atomic E-state index is 12.1. The Morgan fingerprint density at radius 1 is 1.25 bits per heavy atom. The zero-order valence-corrected chi connectivity index (χ0v) is 12.4. The zero-order chi connectivity index (χ0) is 15.3. The van der Waals surface area contributed by atoms with Crippen LogP contribution in [-0.4, -0.2) is 35.6 Å². The van der Waals surface area contributed by atoms with Crippen molar-refractivity contribution in [3.63, 3.8) is 0 Å². The fourth-order valence-electron chi connectivity index (χ4n) is 1.95. The van der Waals surface area contributed by atoms with Gasteiger partial charge in [0.15, 0.2) is 6.04 Å². The van der Waals surface area contributed by atoms with E-state index < -0.39 is 18.0 Å². The van der Waals surface area contributed by atoms with Crippen molar-refractivity contribution in [1.82, 2.24) is 10.2 Å². The predicted molar refractivity (Wildman–Crippen MR) is 77.4 cm³/mol. The van der Waals surface area contributed by atoms with E-state index in [2.05, 4.69) is 5.32 Å². The molecule has 0 aliphatic heterocycles. The summed E-state index contributed by atoms with van der Waals surface area (Å²) in [4.78, 5) is 24.9. The summed E-state index contributed by atoms with van der Waals surface area (Å²) in [6.45, 7) is 6.59. The van der Waals surface area contributed by atoms with Crippen LogP contribution >= 0.6 is 0 Å². The van der Waals surface area contributed by atoms with Gasteiger partial charge < -0.3 is 15.3 Å². The Morgan fingerprint density at radius 3 is 2.25 bits per heavy atom. The van der Waals surface area contributed by atoms with Crippen LogP contribution in [0, 0.1) is 5.41 Å². The Balaban J connectivity index is 2.77. The van der Waals surface area contributed by atoms with Gasteiger partial charge in [0, 0.05) is 13.6 Å². The number of amides is 2. The van der Waals surface area contributed by atoms with Gasteiger partial charge in [0.05, 0.1) is 0 Å². The highest BCUT2D eigenvalue weighted by atomic mass is 16.4. The van der Waals surface area contributed by atoms with Gasteiger partial charge in [-0.2, -0.15) is 0 Å². The van der Waals surface area contributed by atoms with E-state index in [1.54, 1.807) is 37.4 Å². The lowest BCUT2D eigenvalue weighted by molar-refractivity contribution is -0.139. The van der Waals surface area contributed by atoms with Crippen LogP contribution in [0.4, 0.5) is 4.79 Å². The largest absolute Gasteiger partial charge is 0.479 e. The molecule has 0 bridgehead atoms. The second-order valence-electron chi connectivity index (χ2n) is 6.05. The van der Waals surface area contributed by atoms with E-state index in [1.807, 2.05) is 20.8 Å². The molecule has 0 saturated carbocycles. The zero-order valence-electron chi connectivity index (χ0n) is 12.4. The van der Waals surface area contributed by atoms with Crippen LogP contribution in [0.2, 0.25) is 0 Å². The van der Waals surface area contributed by atoms with Gasteiger partial charge in [-0.3, -0.25) is 0 Å². The van der Waals surface area contributed by atoms with Crippen molar-refractivity contribution in [2.24, 2.45) is 5.41 Å². The fraction of sp³-hybridized carbons (Fsp3) is 0.467. The van der Waals surface area contributed by atoms with Gasteiger partial charge in [0.1, 0.15) is 0 Å². The molecule has 2 N–H and O–H groups in total. The van der Waals surface area contributed by atoms with Crippen LogP contribution < -0.4 is 5.32 Å². The third-order valence-electron chi connectivity index (χ3n) is 2.71. The minimum atomic E-state index is -1.08. The topological polar surface area (TPSA) is 69.6 Å². The van der Waals surface area contributed by atoms with Crippen LogP contribution in [0.15, 0.2) is 30.3 Å². The first-order valence-corrected chi connectivity index (χ1v) is 6.50. The molecule has 1 rings (SSSR count). The third-order valence-corrected chi connectivity index (χ3v) is 2.71. The maximum absolute atomic E-state index is 12.1. The number of urea groups is 1. The number of nitrogens with one attached hydrogen (secondary N) is 1. The van der Waals surface area contributed by atoms with Crippen molar-refractivity contribution in [1.29, 1.82) is 0 Å². The molecule has 0 fully saturated rings. The molecule has 0 aromatic heterocycles. The Bertz CT molecular complexity index is 466. The smallest absolute Gasteiger partial charge is 0.330 e. The quantitative estimate of drug-likeness (QED) is 0.889. The van der Waals surface area contributed by atoms with E-state index in [1.165, 1.54) is 4.90 Å². The number of hydrogen-bond donors (Lipinski definition) is 2. The fourth-order valence-corrected chi connectivity index (χ4v) is 1.95. The molecule has 110 valence electrons. The number of hydrogen-bond acceptors (Lipinski definition) is 2. The molecule has 1 aromatic carbocycles. The third kappa shape index (κ3) is 4.91. The first-order valence-electron chi connectivity index (χ1n) is 6.50. The number of carboxylic acids is 1.